The van der Waals surface area contributed by atoms with Gasteiger partial charge in [0.25, 0.3) is 0 Å². The summed E-state index contributed by atoms with van der Waals surface area (Å²) < 4.78 is 5.15. The average Bonchev–Trinajstić information content (AvgIpc) is 2.85. The van der Waals surface area contributed by atoms with Crippen LogP contribution in [0, 0.1) is 0 Å². The van der Waals surface area contributed by atoms with Crippen LogP contribution < -0.4 is 4.74 Å². The quantitative estimate of drug-likeness (QED) is 0.860. The Balaban J connectivity index is 2.26. The van der Waals surface area contributed by atoms with Crippen LogP contribution >= 0.6 is 11.3 Å². The zero-order valence-electron chi connectivity index (χ0n) is 9.66. The minimum atomic E-state index is -0.966. The topological polar surface area (TPSA) is 59.4 Å². The van der Waals surface area contributed by atoms with E-state index in [-0.39, 0.29) is 0 Å². The number of nitrogens with zero attached hydrogens (tertiary/aromatic N) is 1. The second-order valence-corrected chi connectivity index (χ2v) is 4.53. The maximum atomic E-state index is 10.4. The molecule has 1 N–H and O–H groups in total. The van der Waals surface area contributed by atoms with E-state index in [9.17, 15) is 4.79 Å². The largest absolute Gasteiger partial charge is 0.497 e. The summed E-state index contributed by atoms with van der Waals surface area (Å²) in [7, 11) is 1.61. The third kappa shape index (κ3) is 2.95. The molecule has 0 spiro atoms. The average molecular weight is 261 g/mol. The van der Waals surface area contributed by atoms with Crippen LogP contribution in [0.3, 0.4) is 0 Å². The fourth-order valence-electron chi connectivity index (χ4n) is 1.41. The van der Waals surface area contributed by atoms with Crippen molar-refractivity contribution in [3.05, 3.63) is 41.4 Å². The smallest absolute Gasteiger partial charge is 0.328 e. The number of benzene rings is 1. The molecule has 1 aromatic heterocycles. The Kier molecular flexibility index (Phi) is 3.74. The molecule has 4 nitrogen and oxygen atoms in total. The maximum absolute atomic E-state index is 10.4. The van der Waals surface area contributed by atoms with Crippen LogP contribution in [-0.4, -0.2) is 23.2 Å². The van der Waals surface area contributed by atoms with Crippen molar-refractivity contribution < 1.29 is 14.6 Å². The number of carbonyl (C=O) groups is 1. The van der Waals surface area contributed by atoms with Crippen molar-refractivity contribution in [1.82, 2.24) is 4.98 Å². The van der Waals surface area contributed by atoms with Gasteiger partial charge in [0.05, 0.1) is 7.11 Å². The lowest BCUT2D eigenvalue weighted by Crippen LogP contribution is -1.84. The second kappa shape index (κ2) is 5.46. The molecule has 5 heteroatoms. The zero-order chi connectivity index (χ0) is 13.0. The van der Waals surface area contributed by atoms with E-state index in [1.807, 2.05) is 24.3 Å². The Morgan fingerprint density at radius 2 is 2.33 bits per heavy atom. The molecular formula is C13H11NO3S. The monoisotopic (exact) mass is 261 g/mol. The van der Waals surface area contributed by atoms with Gasteiger partial charge in [-0.05, 0) is 18.2 Å². The van der Waals surface area contributed by atoms with Crippen molar-refractivity contribution in [1.29, 1.82) is 0 Å². The van der Waals surface area contributed by atoms with Crippen LogP contribution in [0.15, 0.2) is 36.5 Å². The van der Waals surface area contributed by atoms with Crippen molar-refractivity contribution in [3.63, 3.8) is 0 Å². The van der Waals surface area contributed by atoms with Gasteiger partial charge in [0, 0.05) is 22.7 Å². The van der Waals surface area contributed by atoms with E-state index >= 15 is 0 Å². The van der Waals surface area contributed by atoms with E-state index in [1.165, 1.54) is 17.4 Å². The molecule has 2 aromatic rings. The number of aliphatic carboxylic acids is 1. The standard InChI is InChI=1S/C13H11NO3S/c1-17-10-4-2-3-9(7-10)13-14-8-11(18-13)5-6-12(15)16/h2-8H,1H3,(H,15,16)/b6-5+. The molecule has 1 heterocycles. The predicted octanol–water partition coefficient (Wildman–Crippen LogP) is 2.92. The lowest BCUT2D eigenvalue weighted by molar-refractivity contribution is -0.131. The maximum Gasteiger partial charge on any atom is 0.328 e. The lowest BCUT2D eigenvalue weighted by Gasteiger charge is -2.00. The number of rotatable bonds is 4. The first kappa shape index (κ1) is 12.3. The van der Waals surface area contributed by atoms with Crippen molar-refractivity contribution in [2.45, 2.75) is 0 Å². The molecule has 18 heavy (non-hydrogen) atoms. The molecule has 0 unspecified atom stereocenters. The molecular weight excluding hydrogens is 250 g/mol. The molecule has 0 saturated heterocycles. The Hall–Kier alpha value is -2.14. The van der Waals surface area contributed by atoms with Gasteiger partial charge in [0.1, 0.15) is 10.8 Å². The summed E-state index contributed by atoms with van der Waals surface area (Å²) in [6.07, 6.45) is 4.28. The molecule has 1 aromatic carbocycles. The van der Waals surface area contributed by atoms with Crippen molar-refractivity contribution >= 4 is 23.4 Å². The number of thiazole rings is 1. The molecule has 0 bridgehead atoms. The Bertz CT molecular complexity index is 589. The van der Waals surface area contributed by atoms with Crippen molar-refractivity contribution in [2.24, 2.45) is 0 Å². The van der Waals surface area contributed by atoms with E-state index < -0.39 is 5.97 Å². The van der Waals surface area contributed by atoms with E-state index in [0.29, 0.717) is 0 Å². The van der Waals surface area contributed by atoms with Crippen LogP contribution in [0.5, 0.6) is 5.75 Å². The molecule has 0 aliphatic heterocycles. The SMILES string of the molecule is COc1cccc(-c2ncc(/C=C/C(=O)O)s2)c1. The molecule has 92 valence electrons. The molecule has 0 fully saturated rings. The summed E-state index contributed by atoms with van der Waals surface area (Å²) >= 11 is 1.43. The van der Waals surface area contributed by atoms with Crippen molar-refractivity contribution in [3.8, 4) is 16.3 Å². The van der Waals surface area contributed by atoms with E-state index in [0.717, 1.165) is 27.3 Å². The number of hydrogen-bond acceptors (Lipinski definition) is 4. The van der Waals surface area contributed by atoms with Gasteiger partial charge in [-0.1, -0.05) is 12.1 Å². The van der Waals surface area contributed by atoms with Crippen LogP contribution in [0.2, 0.25) is 0 Å². The van der Waals surface area contributed by atoms with Gasteiger partial charge >= 0.3 is 5.97 Å². The summed E-state index contributed by atoms with van der Waals surface area (Å²) in [5.74, 6) is -0.198. The van der Waals surface area contributed by atoms with E-state index in [2.05, 4.69) is 4.98 Å². The number of ether oxygens (including phenoxy) is 1. The van der Waals surface area contributed by atoms with Gasteiger partial charge in [0.15, 0.2) is 0 Å². The summed E-state index contributed by atoms with van der Waals surface area (Å²) in [5, 5.41) is 9.38. The first-order valence-electron chi connectivity index (χ1n) is 5.20. The second-order valence-electron chi connectivity index (χ2n) is 3.47. The summed E-state index contributed by atoms with van der Waals surface area (Å²) in [6, 6.07) is 7.58. The van der Waals surface area contributed by atoms with Crippen molar-refractivity contribution in [2.75, 3.05) is 7.11 Å². The number of carboxylic acid groups (broad SMARTS) is 1. The Morgan fingerprint density at radius 3 is 3.06 bits per heavy atom. The fourth-order valence-corrected chi connectivity index (χ4v) is 2.22. The van der Waals surface area contributed by atoms with Gasteiger partial charge in [0.2, 0.25) is 0 Å². The highest BCUT2D eigenvalue weighted by Gasteiger charge is 2.04. The summed E-state index contributed by atoms with van der Waals surface area (Å²) in [4.78, 5) is 15.5. The highest BCUT2D eigenvalue weighted by Crippen LogP contribution is 2.28. The summed E-state index contributed by atoms with van der Waals surface area (Å²) in [6.45, 7) is 0. The fraction of sp³-hybridized carbons (Fsp3) is 0.0769. The predicted molar refractivity (Wildman–Crippen MR) is 70.8 cm³/mol. The number of carboxylic acids is 1. The minimum Gasteiger partial charge on any atom is -0.497 e. The zero-order valence-corrected chi connectivity index (χ0v) is 10.5. The molecule has 0 aliphatic rings. The highest BCUT2D eigenvalue weighted by molar-refractivity contribution is 7.15. The Morgan fingerprint density at radius 1 is 1.50 bits per heavy atom. The minimum absolute atomic E-state index is 0.769. The van der Waals surface area contributed by atoms with Crippen LogP contribution in [-0.2, 0) is 4.79 Å². The molecule has 0 amide bonds. The first-order chi connectivity index (χ1) is 8.69. The van der Waals surface area contributed by atoms with Gasteiger partial charge in [-0.25, -0.2) is 9.78 Å². The van der Waals surface area contributed by atoms with E-state index in [4.69, 9.17) is 9.84 Å². The molecule has 0 saturated carbocycles. The van der Waals surface area contributed by atoms with E-state index in [1.54, 1.807) is 13.3 Å². The molecule has 2 rings (SSSR count). The van der Waals surface area contributed by atoms with Crippen LogP contribution in [0.4, 0.5) is 0 Å². The Labute approximate surface area is 108 Å². The van der Waals surface area contributed by atoms with Crippen LogP contribution in [0.25, 0.3) is 16.6 Å². The molecule has 0 atom stereocenters. The number of aromatic nitrogens is 1. The van der Waals surface area contributed by atoms with Gasteiger partial charge < -0.3 is 9.84 Å². The lowest BCUT2D eigenvalue weighted by atomic mass is 10.2. The van der Waals surface area contributed by atoms with Gasteiger partial charge in [-0.15, -0.1) is 11.3 Å². The summed E-state index contributed by atoms with van der Waals surface area (Å²) in [5.41, 5.74) is 0.953. The van der Waals surface area contributed by atoms with Gasteiger partial charge in [-0.2, -0.15) is 0 Å². The molecule has 0 aliphatic carbocycles. The van der Waals surface area contributed by atoms with Crippen LogP contribution in [0.1, 0.15) is 4.88 Å². The highest BCUT2D eigenvalue weighted by atomic mass is 32.1. The number of methoxy groups -OCH3 is 1. The third-order valence-electron chi connectivity index (χ3n) is 2.23. The normalized spacial score (nSPS) is 10.7. The number of hydrogen-bond donors (Lipinski definition) is 1. The van der Waals surface area contributed by atoms with Gasteiger partial charge in [-0.3, -0.25) is 0 Å². The molecule has 0 radical (unpaired) electrons. The first-order valence-corrected chi connectivity index (χ1v) is 6.02. The third-order valence-corrected chi connectivity index (χ3v) is 3.24.